The Bertz CT molecular complexity index is 1360. The topological polar surface area (TPSA) is 89.8 Å². The number of carbonyl (C=O) groups is 1. The van der Waals surface area contributed by atoms with E-state index in [9.17, 15) is 9.59 Å². The Balaban J connectivity index is 1.47. The van der Waals surface area contributed by atoms with E-state index in [1.165, 1.54) is 11.8 Å². The van der Waals surface area contributed by atoms with Gasteiger partial charge in [0.25, 0.3) is 11.5 Å². The highest BCUT2D eigenvalue weighted by Gasteiger charge is 2.25. The van der Waals surface area contributed by atoms with Gasteiger partial charge in [-0.05, 0) is 55.7 Å². The maximum Gasteiger partial charge on any atom is 0.254 e. The van der Waals surface area contributed by atoms with Crippen molar-refractivity contribution in [3.63, 3.8) is 0 Å². The number of pyridine rings is 2. The predicted octanol–water partition coefficient (Wildman–Crippen LogP) is 4.51. The van der Waals surface area contributed by atoms with Crippen LogP contribution in [0.15, 0.2) is 94.0 Å². The second kappa shape index (κ2) is 10.0. The number of nitrogens with one attached hydrogen (secondary N) is 1. The van der Waals surface area contributed by atoms with Crippen LogP contribution in [0.3, 0.4) is 0 Å². The summed E-state index contributed by atoms with van der Waals surface area (Å²) in [6.45, 7) is 0.589. The van der Waals surface area contributed by atoms with Crippen LogP contribution in [0.25, 0.3) is 11.3 Å². The normalized spacial score (nSPS) is 15.2. The zero-order valence-electron chi connectivity index (χ0n) is 18.4. The Hall–Kier alpha value is -3.78. The number of aromatic nitrogens is 4. The number of rotatable bonds is 5. The molecule has 0 aliphatic carbocycles. The van der Waals surface area contributed by atoms with Crippen molar-refractivity contribution in [3.05, 3.63) is 101 Å². The molecule has 5 rings (SSSR count). The third kappa shape index (κ3) is 4.77. The van der Waals surface area contributed by atoms with Gasteiger partial charge < -0.3 is 5.32 Å². The molecule has 1 N–H and O–H groups in total. The highest BCUT2D eigenvalue weighted by Crippen LogP contribution is 2.30. The van der Waals surface area contributed by atoms with E-state index in [-0.39, 0.29) is 17.5 Å². The molecule has 1 aromatic carbocycles. The fraction of sp³-hybridized carbons (Fsp3) is 0.192. The van der Waals surface area contributed by atoms with Crippen LogP contribution in [0.5, 0.6) is 0 Å². The lowest BCUT2D eigenvalue weighted by Gasteiger charge is -2.20. The Kier molecular flexibility index (Phi) is 6.49. The van der Waals surface area contributed by atoms with E-state index in [4.69, 9.17) is 4.98 Å². The van der Waals surface area contributed by atoms with Crippen molar-refractivity contribution in [1.29, 1.82) is 0 Å². The van der Waals surface area contributed by atoms with E-state index < -0.39 is 0 Å². The molecule has 34 heavy (non-hydrogen) atoms. The molecule has 0 bridgehead atoms. The van der Waals surface area contributed by atoms with Crippen molar-refractivity contribution < 1.29 is 4.79 Å². The highest BCUT2D eigenvalue weighted by atomic mass is 32.2. The summed E-state index contributed by atoms with van der Waals surface area (Å²) in [6.07, 6.45) is 7.49. The summed E-state index contributed by atoms with van der Waals surface area (Å²) >= 11 is 1.45. The van der Waals surface area contributed by atoms with Gasteiger partial charge in [0.2, 0.25) is 0 Å². The summed E-state index contributed by atoms with van der Waals surface area (Å²) in [5.41, 5.74) is 1.79. The zero-order chi connectivity index (χ0) is 23.3. The molecule has 0 radical (unpaired) electrons. The van der Waals surface area contributed by atoms with Crippen LogP contribution in [-0.4, -0.2) is 25.4 Å². The minimum absolute atomic E-state index is 0.111. The van der Waals surface area contributed by atoms with Crippen LogP contribution >= 0.6 is 11.8 Å². The first kappa shape index (κ1) is 22.0. The number of fused-ring (bicyclic) bond motifs is 1. The van der Waals surface area contributed by atoms with E-state index in [1.807, 2.05) is 42.5 Å². The van der Waals surface area contributed by atoms with E-state index in [0.29, 0.717) is 35.1 Å². The molecule has 4 aromatic rings. The number of hydrogen-bond acceptors (Lipinski definition) is 6. The van der Waals surface area contributed by atoms with Crippen LogP contribution in [0.4, 0.5) is 0 Å². The summed E-state index contributed by atoms with van der Waals surface area (Å²) in [5.74, 6) is 0.361. The summed E-state index contributed by atoms with van der Waals surface area (Å²) in [7, 11) is 0. The lowest BCUT2D eigenvalue weighted by molar-refractivity contribution is 0.0928. The largest absolute Gasteiger partial charge is 0.342 e. The van der Waals surface area contributed by atoms with Crippen LogP contribution in [0.1, 0.15) is 41.5 Å². The van der Waals surface area contributed by atoms with Gasteiger partial charge in [-0.1, -0.05) is 30.0 Å². The fourth-order valence-electron chi connectivity index (χ4n) is 4.05. The van der Waals surface area contributed by atoms with E-state index in [0.717, 1.165) is 23.3 Å². The van der Waals surface area contributed by atoms with Crippen molar-refractivity contribution in [2.75, 3.05) is 0 Å². The molecule has 1 amide bonds. The molecule has 0 fully saturated rings. The first-order valence-corrected chi connectivity index (χ1v) is 12.0. The van der Waals surface area contributed by atoms with E-state index >= 15 is 0 Å². The van der Waals surface area contributed by atoms with Gasteiger partial charge in [0.05, 0.1) is 17.3 Å². The molecule has 0 saturated heterocycles. The fourth-order valence-corrected chi connectivity index (χ4v) is 4.95. The van der Waals surface area contributed by atoms with Gasteiger partial charge in [-0.3, -0.25) is 19.1 Å². The van der Waals surface area contributed by atoms with Crippen molar-refractivity contribution >= 4 is 17.7 Å². The maximum absolute atomic E-state index is 13.4. The van der Waals surface area contributed by atoms with Crippen LogP contribution < -0.4 is 10.9 Å². The van der Waals surface area contributed by atoms with Gasteiger partial charge >= 0.3 is 0 Å². The molecule has 4 heterocycles. The molecule has 1 atom stereocenters. The third-order valence-corrected chi connectivity index (χ3v) is 6.76. The summed E-state index contributed by atoms with van der Waals surface area (Å²) in [4.78, 5) is 40.7. The molecule has 1 aliphatic heterocycles. The second-order valence-electron chi connectivity index (χ2n) is 8.02. The Morgan fingerprint density at radius 2 is 1.82 bits per heavy atom. The highest BCUT2D eigenvalue weighted by molar-refractivity contribution is 7.99. The molecule has 0 saturated carbocycles. The lowest BCUT2D eigenvalue weighted by atomic mass is 10.1. The quantitative estimate of drug-likeness (QED) is 0.463. The SMILES string of the molecule is O=C(NC1CCCCn2c1nc(-c1ccncc1)cc2=O)c1cccnc1Sc1ccccc1. The van der Waals surface area contributed by atoms with Gasteiger partial charge in [-0.2, -0.15) is 0 Å². The third-order valence-electron chi connectivity index (χ3n) is 5.73. The summed E-state index contributed by atoms with van der Waals surface area (Å²) < 4.78 is 1.69. The van der Waals surface area contributed by atoms with Crippen molar-refractivity contribution in [3.8, 4) is 11.3 Å². The van der Waals surface area contributed by atoms with Gasteiger partial charge in [0.1, 0.15) is 10.9 Å². The standard InChI is InChI=1S/C26H23N5O2S/c32-23-17-22(18-11-14-27-15-12-18)29-24-21(10-4-5-16-31(23)24)30-25(33)20-9-6-13-28-26(20)34-19-7-2-1-3-8-19/h1-3,6-9,11-15,17,21H,4-5,10,16H2,(H,30,33). The van der Waals surface area contributed by atoms with Crippen molar-refractivity contribution in [2.45, 2.75) is 41.8 Å². The van der Waals surface area contributed by atoms with Gasteiger partial charge in [0, 0.05) is 41.7 Å². The molecular weight excluding hydrogens is 446 g/mol. The number of hydrogen-bond donors (Lipinski definition) is 1. The molecule has 170 valence electrons. The van der Waals surface area contributed by atoms with E-state index in [2.05, 4.69) is 15.3 Å². The minimum Gasteiger partial charge on any atom is -0.342 e. The molecule has 8 heteroatoms. The van der Waals surface area contributed by atoms with E-state index in [1.54, 1.807) is 41.4 Å². The summed E-state index contributed by atoms with van der Waals surface area (Å²) in [5, 5.41) is 3.77. The first-order chi connectivity index (χ1) is 16.7. The van der Waals surface area contributed by atoms with Crippen molar-refractivity contribution in [1.82, 2.24) is 24.8 Å². The van der Waals surface area contributed by atoms with Crippen molar-refractivity contribution in [2.24, 2.45) is 0 Å². The summed E-state index contributed by atoms with van der Waals surface area (Å²) in [6, 6.07) is 18.2. The first-order valence-electron chi connectivity index (χ1n) is 11.2. The maximum atomic E-state index is 13.4. The average molecular weight is 470 g/mol. The minimum atomic E-state index is -0.376. The molecule has 1 unspecified atom stereocenters. The molecular formula is C26H23N5O2S. The average Bonchev–Trinajstić information content (AvgIpc) is 3.08. The zero-order valence-corrected chi connectivity index (χ0v) is 19.2. The number of nitrogens with zero attached hydrogens (tertiary/aromatic N) is 4. The Labute approximate surface area is 201 Å². The predicted molar refractivity (Wildman–Crippen MR) is 131 cm³/mol. The molecule has 7 nitrogen and oxygen atoms in total. The van der Waals surface area contributed by atoms with Crippen LogP contribution in [-0.2, 0) is 6.54 Å². The smallest absolute Gasteiger partial charge is 0.254 e. The monoisotopic (exact) mass is 469 g/mol. The molecule has 0 spiro atoms. The Morgan fingerprint density at radius 1 is 1.00 bits per heavy atom. The second-order valence-corrected chi connectivity index (χ2v) is 9.08. The lowest BCUT2D eigenvalue weighted by Crippen LogP contribution is -2.34. The number of carbonyl (C=O) groups excluding carboxylic acids is 1. The van der Waals surface area contributed by atoms with Gasteiger partial charge in [0.15, 0.2) is 0 Å². The van der Waals surface area contributed by atoms with Crippen LogP contribution in [0.2, 0.25) is 0 Å². The van der Waals surface area contributed by atoms with Gasteiger partial charge in [-0.15, -0.1) is 0 Å². The van der Waals surface area contributed by atoms with Gasteiger partial charge in [-0.25, -0.2) is 9.97 Å². The molecule has 1 aliphatic rings. The number of benzene rings is 1. The number of amides is 1. The van der Waals surface area contributed by atoms with Crippen LogP contribution in [0, 0.1) is 0 Å². The molecule has 3 aromatic heterocycles. The Morgan fingerprint density at radius 3 is 2.65 bits per heavy atom.